The van der Waals surface area contributed by atoms with Crippen molar-refractivity contribution in [1.29, 1.82) is 0 Å². The third-order valence-electron chi connectivity index (χ3n) is 3.05. The van der Waals surface area contributed by atoms with Gasteiger partial charge in [-0.2, -0.15) is 0 Å². The zero-order valence-corrected chi connectivity index (χ0v) is 8.34. The first kappa shape index (κ1) is 9.79. The van der Waals surface area contributed by atoms with Gasteiger partial charge in [-0.25, -0.2) is 0 Å². The van der Waals surface area contributed by atoms with Crippen molar-refractivity contribution >= 4 is 0 Å². The van der Waals surface area contributed by atoms with Crippen LogP contribution in [-0.2, 0) is 0 Å². The third-order valence-corrected chi connectivity index (χ3v) is 3.05. The van der Waals surface area contributed by atoms with Gasteiger partial charge in [0.25, 0.3) is 0 Å². The van der Waals surface area contributed by atoms with Crippen LogP contribution in [0, 0.1) is 11.8 Å². The largest absolute Gasteiger partial charge is 0.324 e. The van der Waals surface area contributed by atoms with Crippen LogP contribution < -0.4 is 5.73 Å². The van der Waals surface area contributed by atoms with Gasteiger partial charge in [0.1, 0.15) is 0 Å². The van der Waals surface area contributed by atoms with Crippen LogP contribution in [-0.4, -0.2) is 6.04 Å². The molecule has 1 heteroatoms. The van der Waals surface area contributed by atoms with Gasteiger partial charge in [0.2, 0.25) is 0 Å². The minimum atomic E-state index is 0.243. The highest BCUT2D eigenvalue weighted by molar-refractivity contribution is 5.03. The van der Waals surface area contributed by atoms with Crippen molar-refractivity contribution in [3.8, 4) is 0 Å². The van der Waals surface area contributed by atoms with E-state index in [1.807, 2.05) is 6.92 Å². The summed E-state index contributed by atoms with van der Waals surface area (Å²) in [4.78, 5) is 0. The Morgan fingerprint density at radius 1 is 1.50 bits per heavy atom. The second-order valence-electron chi connectivity index (χ2n) is 4.40. The van der Waals surface area contributed by atoms with Crippen LogP contribution >= 0.6 is 0 Å². The van der Waals surface area contributed by atoms with Crippen molar-refractivity contribution in [3.05, 3.63) is 12.2 Å². The minimum Gasteiger partial charge on any atom is -0.324 e. The molecule has 0 saturated heterocycles. The van der Waals surface area contributed by atoms with Crippen molar-refractivity contribution in [2.45, 2.75) is 45.6 Å². The van der Waals surface area contributed by atoms with E-state index in [2.05, 4.69) is 13.5 Å². The molecular formula is C11H21N. The summed E-state index contributed by atoms with van der Waals surface area (Å²) in [7, 11) is 0. The van der Waals surface area contributed by atoms with E-state index < -0.39 is 0 Å². The third kappa shape index (κ3) is 2.34. The van der Waals surface area contributed by atoms with Crippen LogP contribution in [0.15, 0.2) is 12.2 Å². The van der Waals surface area contributed by atoms with Crippen LogP contribution in [0.1, 0.15) is 39.5 Å². The van der Waals surface area contributed by atoms with Crippen molar-refractivity contribution in [1.82, 2.24) is 0 Å². The van der Waals surface area contributed by atoms with Crippen molar-refractivity contribution in [2.24, 2.45) is 17.6 Å². The Bertz CT molecular complexity index is 162. The molecular weight excluding hydrogens is 146 g/mol. The fourth-order valence-corrected chi connectivity index (χ4v) is 2.21. The quantitative estimate of drug-likeness (QED) is 0.629. The Kier molecular flexibility index (Phi) is 3.33. The molecule has 1 saturated carbocycles. The summed E-state index contributed by atoms with van der Waals surface area (Å²) in [5.74, 6) is 1.57. The topological polar surface area (TPSA) is 26.0 Å². The van der Waals surface area contributed by atoms with Gasteiger partial charge >= 0.3 is 0 Å². The average molecular weight is 167 g/mol. The lowest BCUT2D eigenvalue weighted by molar-refractivity contribution is 0.260. The van der Waals surface area contributed by atoms with E-state index >= 15 is 0 Å². The molecule has 12 heavy (non-hydrogen) atoms. The normalized spacial score (nSPS) is 32.9. The molecule has 1 aliphatic carbocycles. The lowest BCUT2D eigenvalue weighted by atomic mass is 9.77. The molecule has 0 spiro atoms. The molecule has 0 heterocycles. The van der Waals surface area contributed by atoms with Crippen LogP contribution in [0.3, 0.4) is 0 Å². The molecule has 2 N–H and O–H groups in total. The maximum Gasteiger partial charge on any atom is 0.0277 e. The molecule has 3 atom stereocenters. The van der Waals surface area contributed by atoms with Gasteiger partial charge in [-0.05, 0) is 31.6 Å². The first-order valence-electron chi connectivity index (χ1n) is 5.02. The van der Waals surface area contributed by atoms with Gasteiger partial charge in [0.15, 0.2) is 0 Å². The Morgan fingerprint density at radius 2 is 2.17 bits per heavy atom. The van der Waals surface area contributed by atoms with E-state index in [-0.39, 0.29) is 6.04 Å². The number of rotatable bonds is 2. The van der Waals surface area contributed by atoms with E-state index in [0.717, 1.165) is 11.5 Å². The molecule has 0 radical (unpaired) electrons. The zero-order chi connectivity index (χ0) is 9.14. The number of hydrogen-bond acceptors (Lipinski definition) is 1. The first-order valence-corrected chi connectivity index (χ1v) is 5.02. The Balaban J connectivity index is 2.45. The average Bonchev–Trinajstić information content (AvgIpc) is 2.03. The van der Waals surface area contributed by atoms with Gasteiger partial charge in [-0.3, -0.25) is 0 Å². The van der Waals surface area contributed by atoms with Crippen molar-refractivity contribution in [2.75, 3.05) is 0 Å². The molecule has 0 bridgehead atoms. The van der Waals surface area contributed by atoms with Gasteiger partial charge < -0.3 is 5.73 Å². The summed E-state index contributed by atoms with van der Waals surface area (Å²) >= 11 is 0. The summed E-state index contributed by atoms with van der Waals surface area (Å²) in [6.45, 7) is 8.31. The molecule has 1 fully saturated rings. The van der Waals surface area contributed by atoms with Crippen molar-refractivity contribution < 1.29 is 0 Å². The molecule has 0 aromatic carbocycles. The molecule has 0 aromatic heterocycles. The second-order valence-corrected chi connectivity index (χ2v) is 4.40. The number of hydrogen-bond donors (Lipinski definition) is 1. The lowest BCUT2D eigenvalue weighted by Crippen LogP contribution is -2.33. The molecule has 70 valence electrons. The highest BCUT2D eigenvalue weighted by Crippen LogP contribution is 2.31. The molecule has 0 amide bonds. The predicted molar refractivity (Wildman–Crippen MR) is 53.9 cm³/mol. The molecule has 0 aliphatic heterocycles. The summed E-state index contributed by atoms with van der Waals surface area (Å²) in [5.41, 5.74) is 7.20. The number of nitrogens with two attached hydrogens (primary N) is 1. The summed E-state index contributed by atoms with van der Waals surface area (Å²) < 4.78 is 0. The maximum atomic E-state index is 6.05. The molecule has 1 rings (SSSR count). The second kappa shape index (κ2) is 4.08. The van der Waals surface area contributed by atoms with Gasteiger partial charge in [0, 0.05) is 6.04 Å². The standard InChI is InChI=1S/C11H21N/c1-8(2)11(12)10-6-4-5-9(3)7-10/h9-11H,1,4-7,12H2,2-3H3. The molecule has 3 unspecified atom stereocenters. The molecule has 1 aliphatic rings. The van der Waals surface area contributed by atoms with Crippen molar-refractivity contribution in [3.63, 3.8) is 0 Å². The van der Waals surface area contributed by atoms with E-state index in [9.17, 15) is 0 Å². The summed E-state index contributed by atoms with van der Waals surface area (Å²) in [6.07, 6.45) is 5.35. The fourth-order valence-electron chi connectivity index (χ4n) is 2.21. The monoisotopic (exact) mass is 167 g/mol. The Labute approximate surface area is 76.0 Å². The first-order chi connectivity index (χ1) is 5.61. The van der Waals surface area contributed by atoms with Gasteiger partial charge in [0.05, 0.1) is 0 Å². The van der Waals surface area contributed by atoms with Crippen LogP contribution in [0.2, 0.25) is 0 Å². The highest BCUT2D eigenvalue weighted by atomic mass is 14.7. The Morgan fingerprint density at radius 3 is 2.67 bits per heavy atom. The Hall–Kier alpha value is -0.300. The molecule has 0 aromatic rings. The molecule has 1 nitrogen and oxygen atoms in total. The smallest absolute Gasteiger partial charge is 0.0277 e. The summed E-state index contributed by atoms with van der Waals surface area (Å²) in [6, 6.07) is 0.243. The minimum absolute atomic E-state index is 0.243. The van der Waals surface area contributed by atoms with Crippen LogP contribution in [0.4, 0.5) is 0 Å². The highest BCUT2D eigenvalue weighted by Gasteiger charge is 2.24. The fraction of sp³-hybridized carbons (Fsp3) is 0.818. The van der Waals surface area contributed by atoms with Gasteiger partial charge in [-0.15, -0.1) is 0 Å². The van der Waals surface area contributed by atoms with Crippen LogP contribution in [0.5, 0.6) is 0 Å². The van der Waals surface area contributed by atoms with E-state index in [1.165, 1.54) is 25.7 Å². The van der Waals surface area contributed by atoms with E-state index in [4.69, 9.17) is 5.73 Å². The summed E-state index contributed by atoms with van der Waals surface area (Å²) in [5, 5.41) is 0. The van der Waals surface area contributed by atoms with E-state index in [1.54, 1.807) is 0 Å². The predicted octanol–water partition coefficient (Wildman–Crippen LogP) is 2.72. The zero-order valence-electron chi connectivity index (χ0n) is 8.34. The maximum absolute atomic E-state index is 6.05. The van der Waals surface area contributed by atoms with Gasteiger partial charge in [-0.1, -0.05) is 31.9 Å². The van der Waals surface area contributed by atoms with Crippen LogP contribution in [0.25, 0.3) is 0 Å². The lowest BCUT2D eigenvalue weighted by Gasteiger charge is -2.31. The SMILES string of the molecule is C=C(C)C(N)C1CCCC(C)C1. The van der Waals surface area contributed by atoms with E-state index in [0.29, 0.717) is 5.92 Å².